The molecular weight excluding hydrogens is 252 g/mol. The molecule has 0 aromatic heterocycles. The minimum atomic E-state index is -4.63. The van der Waals surface area contributed by atoms with Gasteiger partial charge in [-0.15, -0.1) is 0 Å². The van der Waals surface area contributed by atoms with Gasteiger partial charge in [-0.2, -0.15) is 0 Å². The molecular formula is C13H21O4S-. The average molecular weight is 273 g/mol. The lowest BCUT2D eigenvalue weighted by Crippen LogP contribution is -2.26. The second-order valence-electron chi connectivity index (χ2n) is 5.55. The Morgan fingerprint density at radius 3 is 2.67 bits per heavy atom. The SMILES string of the molecule is CC1=CCCC(C)(C)C1/C=C/C(C)OS(=O)(=O)[O-]. The Morgan fingerprint density at radius 1 is 1.56 bits per heavy atom. The molecule has 1 aliphatic carbocycles. The summed E-state index contributed by atoms with van der Waals surface area (Å²) in [7, 11) is -4.63. The van der Waals surface area contributed by atoms with Crippen molar-refractivity contribution in [1.29, 1.82) is 0 Å². The van der Waals surface area contributed by atoms with Gasteiger partial charge in [0.05, 0.1) is 6.10 Å². The monoisotopic (exact) mass is 273 g/mol. The fraction of sp³-hybridized carbons (Fsp3) is 0.692. The second kappa shape index (κ2) is 5.55. The van der Waals surface area contributed by atoms with Gasteiger partial charge in [0, 0.05) is 5.92 Å². The van der Waals surface area contributed by atoms with Crippen molar-refractivity contribution in [3.05, 3.63) is 23.8 Å². The van der Waals surface area contributed by atoms with Crippen LogP contribution in [-0.4, -0.2) is 19.1 Å². The first kappa shape index (κ1) is 15.4. The summed E-state index contributed by atoms with van der Waals surface area (Å²) in [6, 6.07) is 0. The smallest absolute Gasteiger partial charge is 0.218 e. The van der Waals surface area contributed by atoms with Gasteiger partial charge in [-0.3, -0.25) is 4.18 Å². The lowest BCUT2D eigenvalue weighted by molar-refractivity contribution is 0.224. The van der Waals surface area contributed by atoms with Crippen molar-refractivity contribution < 1.29 is 17.2 Å². The van der Waals surface area contributed by atoms with Crippen molar-refractivity contribution in [2.24, 2.45) is 11.3 Å². The van der Waals surface area contributed by atoms with Crippen molar-refractivity contribution in [3.8, 4) is 0 Å². The molecule has 0 heterocycles. The van der Waals surface area contributed by atoms with E-state index < -0.39 is 16.5 Å². The Kier molecular flexibility index (Phi) is 4.75. The minimum Gasteiger partial charge on any atom is -0.726 e. The Hall–Kier alpha value is -0.650. The van der Waals surface area contributed by atoms with E-state index in [9.17, 15) is 13.0 Å². The predicted molar refractivity (Wildman–Crippen MR) is 69.6 cm³/mol. The van der Waals surface area contributed by atoms with Crippen LogP contribution in [0.3, 0.4) is 0 Å². The highest BCUT2D eigenvalue weighted by Gasteiger charge is 2.30. The summed E-state index contributed by atoms with van der Waals surface area (Å²) >= 11 is 0. The lowest BCUT2D eigenvalue weighted by Gasteiger charge is -2.36. The van der Waals surface area contributed by atoms with Crippen molar-refractivity contribution in [1.82, 2.24) is 0 Å². The van der Waals surface area contributed by atoms with E-state index in [-0.39, 0.29) is 11.3 Å². The van der Waals surface area contributed by atoms with Crippen LogP contribution in [0.4, 0.5) is 0 Å². The summed E-state index contributed by atoms with van der Waals surface area (Å²) in [4.78, 5) is 0. The van der Waals surface area contributed by atoms with Gasteiger partial charge in [0.25, 0.3) is 0 Å². The molecule has 0 N–H and O–H groups in total. The number of allylic oxidation sites excluding steroid dienone is 3. The fourth-order valence-electron chi connectivity index (χ4n) is 2.47. The van der Waals surface area contributed by atoms with Crippen LogP contribution in [0.25, 0.3) is 0 Å². The summed E-state index contributed by atoms with van der Waals surface area (Å²) in [6.07, 6.45) is 7.23. The molecule has 0 bridgehead atoms. The van der Waals surface area contributed by atoms with Crippen molar-refractivity contribution in [2.75, 3.05) is 0 Å². The molecule has 104 valence electrons. The topological polar surface area (TPSA) is 66.4 Å². The maximum Gasteiger partial charge on any atom is 0.218 e. The maximum atomic E-state index is 10.5. The molecule has 2 atom stereocenters. The van der Waals surface area contributed by atoms with E-state index in [1.54, 1.807) is 13.0 Å². The lowest BCUT2D eigenvalue weighted by atomic mass is 9.68. The van der Waals surface area contributed by atoms with Gasteiger partial charge >= 0.3 is 0 Å². The third-order valence-corrected chi connectivity index (χ3v) is 3.97. The van der Waals surface area contributed by atoms with Crippen LogP contribution >= 0.6 is 0 Å². The predicted octanol–water partition coefficient (Wildman–Crippen LogP) is 2.79. The summed E-state index contributed by atoms with van der Waals surface area (Å²) in [5.74, 6) is 0.256. The van der Waals surface area contributed by atoms with Crippen LogP contribution in [0.15, 0.2) is 23.8 Å². The maximum absolute atomic E-state index is 10.5. The molecule has 0 saturated heterocycles. The molecule has 0 aliphatic heterocycles. The zero-order chi connectivity index (χ0) is 14.0. The molecule has 2 unspecified atom stereocenters. The number of rotatable bonds is 4. The average Bonchev–Trinajstić information content (AvgIpc) is 2.12. The molecule has 0 spiro atoms. The van der Waals surface area contributed by atoms with Crippen LogP contribution in [-0.2, 0) is 14.6 Å². The van der Waals surface area contributed by atoms with E-state index in [1.165, 1.54) is 5.57 Å². The largest absolute Gasteiger partial charge is 0.726 e. The molecule has 0 saturated carbocycles. The number of hydrogen-bond donors (Lipinski definition) is 0. The van der Waals surface area contributed by atoms with Crippen LogP contribution < -0.4 is 0 Å². The third kappa shape index (κ3) is 4.55. The summed E-state index contributed by atoms with van der Waals surface area (Å²) in [5.41, 5.74) is 1.42. The summed E-state index contributed by atoms with van der Waals surface area (Å²) in [5, 5.41) is 0. The Bertz CT molecular complexity index is 446. The quantitative estimate of drug-likeness (QED) is 0.449. The second-order valence-corrected chi connectivity index (χ2v) is 6.56. The zero-order valence-electron chi connectivity index (χ0n) is 11.3. The van der Waals surface area contributed by atoms with E-state index in [1.807, 2.05) is 6.08 Å². The van der Waals surface area contributed by atoms with Gasteiger partial charge in [0.1, 0.15) is 0 Å². The minimum absolute atomic E-state index is 0.144. The molecule has 18 heavy (non-hydrogen) atoms. The number of hydrogen-bond acceptors (Lipinski definition) is 4. The molecule has 1 rings (SSSR count). The third-order valence-electron chi connectivity index (χ3n) is 3.43. The molecule has 0 aromatic rings. The Morgan fingerprint density at radius 2 is 2.17 bits per heavy atom. The summed E-state index contributed by atoms with van der Waals surface area (Å²) in [6.45, 7) is 8.00. The highest BCUT2D eigenvalue weighted by Crippen LogP contribution is 2.41. The first-order valence-electron chi connectivity index (χ1n) is 6.11. The van der Waals surface area contributed by atoms with E-state index in [2.05, 4.69) is 31.0 Å². The Balaban J connectivity index is 2.76. The molecule has 5 heteroatoms. The first-order valence-corrected chi connectivity index (χ1v) is 7.44. The van der Waals surface area contributed by atoms with Crippen LogP contribution in [0.5, 0.6) is 0 Å². The molecule has 0 fully saturated rings. The van der Waals surface area contributed by atoms with Gasteiger partial charge < -0.3 is 4.55 Å². The highest BCUT2D eigenvalue weighted by molar-refractivity contribution is 7.80. The van der Waals surface area contributed by atoms with Crippen LogP contribution in [0.1, 0.15) is 40.5 Å². The molecule has 0 aromatic carbocycles. The van der Waals surface area contributed by atoms with E-state index >= 15 is 0 Å². The van der Waals surface area contributed by atoms with E-state index in [4.69, 9.17) is 0 Å². The van der Waals surface area contributed by atoms with Gasteiger partial charge in [-0.25, -0.2) is 8.42 Å². The molecule has 4 nitrogen and oxygen atoms in total. The Labute approximate surface area is 110 Å². The molecule has 0 amide bonds. The first-order chi connectivity index (χ1) is 8.12. The van der Waals surface area contributed by atoms with Gasteiger partial charge in [0.2, 0.25) is 10.4 Å². The van der Waals surface area contributed by atoms with Crippen LogP contribution in [0, 0.1) is 11.3 Å². The fourth-order valence-corrected chi connectivity index (χ4v) is 2.90. The molecule has 0 radical (unpaired) electrons. The van der Waals surface area contributed by atoms with Crippen molar-refractivity contribution in [3.63, 3.8) is 0 Å². The van der Waals surface area contributed by atoms with Crippen molar-refractivity contribution in [2.45, 2.75) is 46.6 Å². The van der Waals surface area contributed by atoms with E-state index in [0.717, 1.165) is 12.8 Å². The van der Waals surface area contributed by atoms with E-state index in [0.29, 0.717) is 0 Å². The normalized spacial score (nSPS) is 26.1. The van der Waals surface area contributed by atoms with Gasteiger partial charge in [0.15, 0.2) is 0 Å². The molecule has 1 aliphatic rings. The van der Waals surface area contributed by atoms with Gasteiger partial charge in [-0.05, 0) is 32.1 Å². The summed E-state index contributed by atoms with van der Waals surface area (Å²) < 4.78 is 35.7. The standard InChI is InChI=1S/C13H22O4S/c1-10-6-5-9-13(3,4)12(10)8-7-11(2)17-18(14,15)16/h6-8,11-12H,5,9H2,1-4H3,(H,14,15,16)/p-1/b8-7+. The van der Waals surface area contributed by atoms with Crippen molar-refractivity contribution >= 4 is 10.4 Å². The van der Waals surface area contributed by atoms with Crippen LogP contribution in [0.2, 0.25) is 0 Å². The van der Waals surface area contributed by atoms with Gasteiger partial charge in [-0.1, -0.05) is 37.6 Å². The highest BCUT2D eigenvalue weighted by atomic mass is 32.3. The zero-order valence-corrected chi connectivity index (χ0v) is 12.2.